The molecule has 0 spiro atoms. The molecular formula is C17H24ClN3. The van der Waals surface area contributed by atoms with Gasteiger partial charge in [-0.25, -0.2) is 4.68 Å². The van der Waals surface area contributed by atoms with Gasteiger partial charge in [-0.3, -0.25) is 0 Å². The molecule has 0 radical (unpaired) electrons. The van der Waals surface area contributed by atoms with E-state index in [9.17, 15) is 0 Å². The van der Waals surface area contributed by atoms with Crippen molar-refractivity contribution in [3.63, 3.8) is 0 Å². The third kappa shape index (κ3) is 3.66. The molecule has 0 saturated carbocycles. The molecular weight excluding hydrogens is 282 g/mol. The molecule has 4 heteroatoms. The van der Waals surface area contributed by atoms with Crippen LogP contribution in [0.4, 0.5) is 0 Å². The van der Waals surface area contributed by atoms with E-state index in [-0.39, 0.29) is 0 Å². The standard InChI is InChI=1S/C17H24ClN3/c1-5-13-10-14(6-2)21(20-13)17-9-7-8-16(18)15(17)11-19-12(3)4/h7-10,12,19H,5-6,11H2,1-4H3. The molecule has 1 N–H and O–H groups in total. The Labute approximate surface area is 132 Å². The first-order valence-electron chi connectivity index (χ1n) is 7.65. The lowest BCUT2D eigenvalue weighted by Gasteiger charge is -2.15. The zero-order valence-electron chi connectivity index (χ0n) is 13.3. The molecule has 0 aliphatic carbocycles. The van der Waals surface area contributed by atoms with Gasteiger partial charge in [0.2, 0.25) is 0 Å². The van der Waals surface area contributed by atoms with Gasteiger partial charge in [-0.1, -0.05) is 45.4 Å². The van der Waals surface area contributed by atoms with Crippen molar-refractivity contribution < 1.29 is 0 Å². The first-order chi connectivity index (χ1) is 10.1. The Morgan fingerprint density at radius 2 is 2.00 bits per heavy atom. The zero-order chi connectivity index (χ0) is 15.4. The molecule has 1 aromatic carbocycles. The zero-order valence-corrected chi connectivity index (χ0v) is 14.0. The Kier molecular flexibility index (Phi) is 5.43. The molecule has 0 saturated heterocycles. The monoisotopic (exact) mass is 305 g/mol. The first-order valence-corrected chi connectivity index (χ1v) is 8.03. The van der Waals surface area contributed by atoms with Gasteiger partial charge in [-0.15, -0.1) is 0 Å². The molecule has 0 bridgehead atoms. The van der Waals surface area contributed by atoms with Gasteiger partial charge < -0.3 is 5.32 Å². The van der Waals surface area contributed by atoms with Crippen LogP contribution in [0.5, 0.6) is 0 Å². The van der Waals surface area contributed by atoms with E-state index < -0.39 is 0 Å². The fourth-order valence-corrected chi connectivity index (χ4v) is 2.57. The number of hydrogen-bond donors (Lipinski definition) is 1. The highest BCUT2D eigenvalue weighted by molar-refractivity contribution is 6.31. The van der Waals surface area contributed by atoms with Crippen LogP contribution in [0.25, 0.3) is 5.69 Å². The first kappa shape index (κ1) is 16.1. The fourth-order valence-electron chi connectivity index (χ4n) is 2.34. The second kappa shape index (κ2) is 7.10. The summed E-state index contributed by atoms with van der Waals surface area (Å²) in [6.45, 7) is 9.31. The lowest BCUT2D eigenvalue weighted by molar-refractivity contribution is 0.586. The summed E-state index contributed by atoms with van der Waals surface area (Å²) in [4.78, 5) is 0. The predicted octanol–water partition coefficient (Wildman–Crippen LogP) is 4.15. The van der Waals surface area contributed by atoms with Gasteiger partial charge in [-0.05, 0) is 31.0 Å². The van der Waals surface area contributed by atoms with Crippen molar-refractivity contribution in [1.82, 2.24) is 15.1 Å². The highest BCUT2D eigenvalue weighted by Crippen LogP contribution is 2.25. The molecule has 2 rings (SSSR count). The summed E-state index contributed by atoms with van der Waals surface area (Å²) in [6, 6.07) is 8.63. The van der Waals surface area contributed by atoms with E-state index in [1.165, 1.54) is 5.69 Å². The average Bonchev–Trinajstić information content (AvgIpc) is 2.88. The third-order valence-electron chi connectivity index (χ3n) is 3.57. The van der Waals surface area contributed by atoms with E-state index in [1.807, 2.05) is 16.8 Å². The van der Waals surface area contributed by atoms with Crippen molar-refractivity contribution in [2.45, 2.75) is 53.1 Å². The Balaban J connectivity index is 2.47. The molecule has 0 unspecified atom stereocenters. The number of halogens is 1. The topological polar surface area (TPSA) is 29.9 Å². The van der Waals surface area contributed by atoms with Crippen LogP contribution in [-0.2, 0) is 19.4 Å². The lowest BCUT2D eigenvalue weighted by atomic mass is 10.1. The molecule has 2 aromatic rings. The largest absolute Gasteiger partial charge is 0.310 e. The number of nitrogens with one attached hydrogen (secondary N) is 1. The smallest absolute Gasteiger partial charge is 0.0708 e. The highest BCUT2D eigenvalue weighted by Gasteiger charge is 2.13. The summed E-state index contributed by atoms with van der Waals surface area (Å²) in [6.07, 6.45) is 1.90. The van der Waals surface area contributed by atoms with E-state index in [0.29, 0.717) is 6.04 Å². The fraction of sp³-hybridized carbons (Fsp3) is 0.471. The molecule has 1 heterocycles. The summed E-state index contributed by atoms with van der Waals surface area (Å²) < 4.78 is 2.04. The van der Waals surface area contributed by atoms with Crippen molar-refractivity contribution in [1.29, 1.82) is 0 Å². The maximum atomic E-state index is 6.42. The minimum Gasteiger partial charge on any atom is -0.310 e. The second-order valence-corrected chi connectivity index (χ2v) is 5.93. The molecule has 3 nitrogen and oxygen atoms in total. The van der Waals surface area contributed by atoms with Gasteiger partial charge in [0.1, 0.15) is 0 Å². The summed E-state index contributed by atoms with van der Waals surface area (Å²) in [7, 11) is 0. The van der Waals surface area contributed by atoms with Gasteiger partial charge in [0, 0.05) is 28.9 Å². The summed E-state index contributed by atoms with van der Waals surface area (Å²) in [5, 5.41) is 8.96. The van der Waals surface area contributed by atoms with E-state index in [0.717, 1.165) is 41.4 Å². The van der Waals surface area contributed by atoms with Gasteiger partial charge in [0.25, 0.3) is 0 Å². The maximum Gasteiger partial charge on any atom is 0.0708 e. The Morgan fingerprint density at radius 3 is 2.62 bits per heavy atom. The number of rotatable bonds is 6. The van der Waals surface area contributed by atoms with Crippen molar-refractivity contribution in [2.75, 3.05) is 0 Å². The predicted molar refractivity (Wildman–Crippen MR) is 89.3 cm³/mol. The van der Waals surface area contributed by atoms with Crippen LogP contribution in [-0.4, -0.2) is 15.8 Å². The van der Waals surface area contributed by atoms with Gasteiger partial charge in [-0.2, -0.15) is 5.10 Å². The van der Waals surface area contributed by atoms with Gasteiger partial charge in [0.05, 0.1) is 11.4 Å². The van der Waals surface area contributed by atoms with E-state index in [2.05, 4.69) is 45.1 Å². The highest BCUT2D eigenvalue weighted by atomic mass is 35.5. The Morgan fingerprint density at radius 1 is 1.24 bits per heavy atom. The SMILES string of the molecule is CCc1cc(CC)n(-c2cccc(Cl)c2CNC(C)C)n1. The maximum absolute atomic E-state index is 6.42. The van der Waals surface area contributed by atoms with E-state index in [4.69, 9.17) is 16.7 Å². The Hall–Kier alpha value is -1.32. The Bertz CT molecular complexity index is 602. The van der Waals surface area contributed by atoms with Gasteiger partial charge >= 0.3 is 0 Å². The summed E-state index contributed by atoms with van der Waals surface area (Å²) in [5.41, 5.74) is 4.52. The van der Waals surface area contributed by atoms with Crippen LogP contribution in [0.2, 0.25) is 5.02 Å². The van der Waals surface area contributed by atoms with Crippen LogP contribution >= 0.6 is 11.6 Å². The third-order valence-corrected chi connectivity index (χ3v) is 3.92. The van der Waals surface area contributed by atoms with Crippen molar-refractivity contribution >= 4 is 11.6 Å². The van der Waals surface area contributed by atoms with Crippen LogP contribution < -0.4 is 5.32 Å². The average molecular weight is 306 g/mol. The molecule has 0 aliphatic rings. The van der Waals surface area contributed by atoms with Gasteiger partial charge in [0.15, 0.2) is 0 Å². The van der Waals surface area contributed by atoms with Crippen molar-refractivity contribution in [2.24, 2.45) is 0 Å². The van der Waals surface area contributed by atoms with Crippen LogP contribution in [0.15, 0.2) is 24.3 Å². The molecule has 114 valence electrons. The minimum absolute atomic E-state index is 0.420. The summed E-state index contributed by atoms with van der Waals surface area (Å²) >= 11 is 6.42. The quantitative estimate of drug-likeness (QED) is 0.869. The number of hydrogen-bond acceptors (Lipinski definition) is 2. The normalized spacial score (nSPS) is 11.3. The molecule has 0 amide bonds. The lowest BCUT2D eigenvalue weighted by Crippen LogP contribution is -2.23. The van der Waals surface area contributed by atoms with Crippen LogP contribution in [0, 0.1) is 0 Å². The van der Waals surface area contributed by atoms with E-state index >= 15 is 0 Å². The molecule has 0 aliphatic heterocycles. The van der Waals surface area contributed by atoms with Crippen LogP contribution in [0.1, 0.15) is 44.6 Å². The molecule has 0 atom stereocenters. The van der Waals surface area contributed by atoms with E-state index in [1.54, 1.807) is 0 Å². The second-order valence-electron chi connectivity index (χ2n) is 5.52. The molecule has 1 aromatic heterocycles. The number of nitrogens with zero attached hydrogens (tertiary/aromatic N) is 2. The van der Waals surface area contributed by atoms with Crippen molar-refractivity contribution in [3.05, 3.63) is 46.2 Å². The molecule has 21 heavy (non-hydrogen) atoms. The molecule has 0 fully saturated rings. The van der Waals surface area contributed by atoms with Crippen LogP contribution in [0.3, 0.4) is 0 Å². The van der Waals surface area contributed by atoms with Crippen molar-refractivity contribution in [3.8, 4) is 5.69 Å². The number of aryl methyl sites for hydroxylation is 2. The number of benzene rings is 1. The minimum atomic E-state index is 0.420. The summed E-state index contributed by atoms with van der Waals surface area (Å²) in [5.74, 6) is 0. The number of aromatic nitrogens is 2.